The molecule has 1 amide bonds. The Morgan fingerprint density at radius 3 is 2.45 bits per heavy atom. The molecule has 0 aliphatic carbocycles. The predicted octanol–water partition coefficient (Wildman–Crippen LogP) is 2.82. The van der Waals surface area contributed by atoms with Gasteiger partial charge in [0.25, 0.3) is 5.91 Å². The molecule has 0 saturated heterocycles. The molecule has 0 atom stereocenters. The van der Waals surface area contributed by atoms with E-state index < -0.39 is 11.7 Å². The first-order valence-electron chi connectivity index (χ1n) is 6.02. The quantitative estimate of drug-likeness (QED) is 0.876. The lowest BCUT2D eigenvalue weighted by atomic mass is 10.1. The van der Waals surface area contributed by atoms with Gasteiger partial charge in [-0.25, -0.2) is 8.78 Å². The van der Waals surface area contributed by atoms with E-state index in [1.54, 1.807) is 19.2 Å². The lowest BCUT2D eigenvalue weighted by molar-refractivity contribution is 0.0780. The normalized spacial score (nSPS) is 10.3. The third-order valence-corrected chi connectivity index (χ3v) is 2.90. The highest BCUT2D eigenvalue weighted by Crippen LogP contribution is 2.15. The molecule has 0 fully saturated rings. The monoisotopic (exact) mass is 276 g/mol. The molecule has 104 valence electrons. The molecule has 2 aromatic carbocycles. The molecule has 2 aromatic rings. The number of hydrogen-bond donors (Lipinski definition) is 1. The van der Waals surface area contributed by atoms with E-state index in [0.29, 0.717) is 5.69 Å². The van der Waals surface area contributed by atoms with E-state index in [4.69, 9.17) is 5.73 Å². The molecule has 0 bridgehead atoms. The van der Waals surface area contributed by atoms with Crippen molar-refractivity contribution in [2.24, 2.45) is 0 Å². The highest BCUT2D eigenvalue weighted by Gasteiger charge is 2.16. The van der Waals surface area contributed by atoms with Crippen LogP contribution in [0.5, 0.6) is 0 Å². The SMILES string of the molecule is CN(Cc1ccc(F)cc1)C(=O)c1cc(N)ccc1F. The molecule has 0 saturated carbocycles. The number of nitrogens with two attached hydrogens (primary N) is 1. The van der Waals surface area contributed by atoms with Gasteiger partial charge in [0.1, 0.15) is 11.6 Å². The van der Waals surface area contributed by atoms with E-state index in [1.807, 2.05) is 0 Å². The van der Waals surface area contributed by atoms with E-state index >= 15 is 0 Å². The molecule has 2 rings (SSSR count). The molecule has 5 heteroatoms. The predicted molar refractivity (Wildman–Crippen MR) is 73.0 cm³/mol. The topological polar surface area (TPSA) is 46.3 Å². The second kappa shape index (κ2) is 5.69. The van der Waals surface area contributed by atoms with Crippen LogP contribution in [0, 0.1) is 11.6 Å². The van der Waals surface area contributed by atoms with Gasteiger partial charge in [-0.2, -0.15) is 0 Å². The van der Waals surface area contributed by atoms with Gasteiger partial charge < -0.3 is 10.6 Å². The summed E-state index contributed by atoms with van der Waals surface area (Å²) in [5.74, 6) is -1.43. The van der Waals surface area contributed by atoms with Crippen molar-refractivity contribution in [2.45, 2.75) is 6.54 Å². The van der Waals surface area contributed by atoms with E-state index in [2.05, 4.69) is 0 Å². The molecule has 3 nitrogen and oxygen atoms in total. The van der Waals surface area contributed by atoms with Crippen molar-refractivity contribution in [2.75, 3.05) is 12.8 Å². The molecule has 0 heterocycles. The maximum absolute atomic E-state index is 13.6. The minimum atomic E-state index is -0.616. The first-order chi connectivity index (χ1) is 9.47. The number of hydrogen-bond acceptors (Lipinski definition) is 2. The minimum Gasteiger partial charge on any atom is -0.399 e. The number of carbonyl (C=O) groups excluding carboxylic acids is 1. The fraction of sp³-hybridized carbons (Fsp3) is 0.133. The summed E-state index contributed by atoms with van der Waals surface area (Å²) in [7, 11) is 1.55. The van der Waals surface area contributed by atoms with Crippen molar-refractivity contribution in [3.63, 3.8) is 0 Å². The third kappa shape index (κ3) is 3.12. The average molecular weight is 276 g/mol. The summed E-state index contributed by atoms with van der Waals surface area (Å²) in [5.41, 5.74) is 6.56. The summed E-state index contributed by atoms with van der Waals surface area (Å²) in [6, 6.07) is 9.65. The summed E-state index contributed by atoms with van der Waals surface area (Å²) in [4.78, 5) is 13.5. The summed E-state index contributed by atoms with van der Waals surface area (Å²) in [5, 5.41) is 0. The highest BCUT2D eigenvalue weighted by molar-refractivity contribution is 5.95. The Kier molecular flexibility index (Phi) is 3.98. The van der Waals surface area contributed by atoms with E-state index in [0.717, 1.165) is 11.6 Å². The number of anilines is 1. The van der Waals surface area contributed by atoms with Crippen LogP contribution in [-0.4, -0.2) is 17.9 Å². The largest absolute Gasteiger partial charge is 0.399 e. The molecule has 0 aliphatic rings. The van der Waals surface area contributed by atoms with E-state index in [9.17, 15) is 13.6 Å². The number of nitrogens with zero attached hydrogens (tertiary/aromatic N) is 1. The van der Waals surface area contributed by atoms with Crippen molar-refractivity contribution in [1.29, 1.82) is 0 Å². The zero-order valence-corrected chi connectivity index (χ0v) is 10.9. The maximum Gasteiger partial charge on any atom is 0.256 e. The van der Waals surface area contributed by atoms with Gasteiger partial charge in [-0.3, -0.25) is 4.79 Å². The van der Waals surface area contributed by atoms with Crippen LogP contribution >= 0.6 is 0 Å². The molecule has 0 aromatic heterocycles. The van der Waals surface area contributed by atoms with Gasteiger partial charge in [0, 0.05) is 19.3 Å². The van der Waals surface area contributed by atoms with Gasteiger partial charge in [-0.1, -0.05) is 12.1 Å². The molecule has 2 N–H and O–H groups in total. The molecule has 0 aliphatic heterocycles. The first-order valence-corrected chi connectivity index (χ1v) is 6.02. The van der Waals surface area contributed by atoms with Crippen molar-refractivity contribution in [3.8, 4) is 0 Å². The maximum atomic E-state index is 13.6. The zero-order chi connectivity index (χ0) is 14.7. The Balaban J connectivity index is 2.16. The molecular weight excluding hydrogens is 262 g/mol. The summed E-state index contributed by atoms with van der Waals surface area (Å²) in [6.07, 6.45) is 0. The van der Waals surface area contributed by atoms with Crippen LogP contribution in [0.25, 0.3) is 0 Å². The number of nitrogen functional groups attached to an aromatic ring is 1. The Morgan fingerprint density at radius 2 is 1.80 bits per heavy atom. The van der Waals surface area contributed by atoms with Crippen molar-refractivity contribution >= 4 is 11.6 Å². The van der Waals surface area contributed by atoms with E-state index in [-0.39, 0.29) is 17.9 Å². The van der Waals surface area contributed by atoms with Crippen molar-refractivity contribution in [3.05, 3.63) is 65.2 Å². The Morgan fingerprint density at radius 1 is 1.15 bits per heavy atom. The van der Waals surface area contributed by atoms with Crippen LogP contribution in [0.4, 0.5) is 14.5 Å². The fourth-order valence-electron chi connectivity index (χ4n) is 1.85. The summed E-state index contributed by atoms with van der Waals surface area (Å²) in [6.45, 7) is 0.257. The standard InChI is InChI=1S/C15H14F2N2O/c1-19(9-10-2-4-11(16)5-3-10)15(20)13-8-12(18)6-7-14(13)17/h2-8H,9,18H2,1H3. The molecule has 0 radical (unpaired) electrons. The second-order valence-electron chi connectivity index (χ2n) is 4.53. The van der Waals surface area contributed by atoms with Crippen LogP contribution in [0.3, 0.4) is 0 Å². The van der Waals surface area contributed by atoms with Gasteiger partial charge >= 0.3 is 0 Å². The minimum absolute atomic E-state index is 0.0744. The van der Waals surface area contributed by atoms with Crippen LogP contribution in [0.1, 0.15) is 15.9 Å². The molecular formula is C15H14F2N2O. The van der Waals surface area contributed by atoms with Gasteiger partial charge in [-0.05, 0) is 35.9 Å². The Labute approximate surface area is 115 Å². The first kappa shape index (κ1) is 14.0. The van der Waals surface area contributed by atoms with E-state index in [1.165, 1.54) is 29.2 Å². The highest BCUT2D eigenvalue weighted by atomic mass is 19.1. The fourth-order valence-corrected chi connectivity index (χ4v) is 1.85. The lowest BCUT2D eigenvalue weighted by Crippen LogP contribution is -2.27. The van der Waals surface area contributed by atoms with Crippen molar-refractivity contribution < 1.29 is 13.6 Å². The van der Waals surface area contributed by atoms with Crippen molar-refractivity contribution in [1.82, 2.24) is 4.90 Å². The smallest absolute Gasteiger partial charge is 0.256 e. The number of carbonyl (C=O) groups is 1. The van der Waals surface area contributed by atoms with Crippen LogP contribution in [0.15, 0.2) is 42.5 Å². The van der Waals surface area contributed by atoms with Crippen LogP contribution < -0.4 is 5.73 Å². The van der Waals surface area contributed by atoms with Gasteiger partial charge in [0.05, 0.1) is 5.56 Å². The lowest BCUT2D eigenvalue weighted by Gasteiger charge is -2.18. The summed E-state index contributed by atoms with van der Waals surface area (Å²) < 4.78 is 26.4. The molecule has 20 heavy (non-hydrogen) atoms. The molecule has 0 spiro atoms. The van der Waals surface area contributed by atoms with Crippen LogP contribution in [0.2, 0.25) is 0 Å². The van der Waals surface area contributed by atoms with Crippen LogP contribution in [-0.2, 0) is 6.54 Å². The van der Waals surface area contributed by atoms with Gasteiger partial charge in [-0.15, -0.1) is 0 Å². The zero-order valence-electron chi connectivity index (χ0n) is 10.9. The second-order valence-corrected chi connectivity index (χ2v) is 4.53. The average Bonchev–Trinajstić information content (AvgIpc) is 2.43. The van der Waals surface area contributed by atoms with Gasteiger partial charge in [0.2, 0.25) is 0 Å². The third-order valence-electron chi connectivity index (χ3n) is 2.90. The summed E-state index contributed by atoms with van der Waals surface area (Å²) >= 11 is 0. The Bertz CT molecular complexity index is 626. The number of amides is 1. The Hall–Kier alpha value is -2.43. The number of benzene rings is 2. The number of rotatable bonds is 3. The molecule has 0 unspecified atom stereocenters. The number of halogens is 2. The van der Waals surface area contributed by atoms with Gasteiger partial charge in [0.15, 0.2) is 0 Å².